The van der Waals surface area contributed by atoms with Gasteiger partial charge in [-0.05, 0) is 69.2 Å². The molecule has 4 rings (SSSR count). The molecule has 1 fully saturated rings. The maximum absolute atomic E-state index is 14.9. The van der Waals surface area contributed by atoms with Gasteiger partial charge < -0.3 is 14.4 Å². The number of anilines is 1. The molecule has 1 atom stereocenters. The summed E-state index contributed by atoms with van der Waals surface area (Å²) in [5, 5.41) is 0. The highest BCUT2D eigenvalue weighted by Crippen LogP contribution is 2.31. The topological polar surface area (TPSA) is 127 Å². The average molecular weight is 623 g/mol. The molecular weight excluding hydrogens is 587 g/mol. The molecule has 42 heavy (non-hydrogen) atoms. The maximum Gasteiger partial charge on any atom is 0.410 e. The van der Waals surface area contributed by atoms with Gasteiger partial charge in [-0.1, -0.05) is 18.2 Å². The van der Waals surface area contributed by atoms with Gasteiger partial charge in [0.25, 0.3) is 10.0 Å². The molecule has 3 aromatic rings. The predicted molar refractivity (Wildman–Crippen MR) is 156 cm³/mol. The minimum atomic E-state index is -4.36. The van der Waals surface area contributed by atoms with Crippen LogP contribution in [-0.4, -0.2) is 75.1 Å². The number of carbonyl (C=O) groups is 1. The highest BCUT2D eigenvalue weighted by atomic mass is 32.2. The SMILES string of the molecule is CO[C@@H]1CCN(S(=O)(=O)Nc2cccc(S(=O)(=O)n3cc(CN(C)C(=O)OC(C)(C)C)cc3-c3ccccc3F)c2)C1. The number of methoxy groups -OCH3 is 1. The van der Waals surface area contributed by atoms with E-state index in [-0.39, 0.29) is 47.6 Å². The summed E-state index contributed by atoms with van der Waals surface area (Å²) < 4.78 is 83.9. The normalized spacial score (nSPS) is 16.4. The molecule has 0 radical (unpaired) electrons. The number of hydrogen-bond acceptors (Lipinski definition) is 7. The molecule has 11 nitrogen and oxygen atoms in total. The Morgan fingerprint density at radius 1 is 1.10 bits per heavy atom. The van der Waals surface area contributed by atoms with Crippen LogP contribution in [0.25, 0.3) is 11.3 Å². The number of nitrogens with one attached hydrogen (secondary N) is 1. The molecule has 1 aliphatic heterocycles. The molecule has 1 aliphatic rings. The van der Waals surface area contributed by atoms with E-state index >= 15 is 0 Å². The van der Waals surface area contributed by atoms with Crippen LogP contribution >= 0.6 is 0 Å². The first-order chi connectivity index (χ1) is 19.6. The van der Waals surface area contributed by atoms with E-state index in [0.29, 0.717) is 12.0 Å². The lowest BCUT2D eigenvalue weighted by Gasteiger charge is -2.24. The van der Waals surface area contributed by atoms with Crippen molar-refractivity contribution in [3.63, 3.8) is 0 Å². The monoisotopic (exact) mass is 622 g/mol. The molecule has 1 aromatic heterocycles. The van der Waals surface area contributed by atoms with Gasteiger partial charge in [0.2, 0.25) is 0 Å². The molecule has 228 valence electrons. The highest BCUT2D eigenvalue weighted by molar-refractivity contribution is 7.90. The van der Waals surface area contributed by atoms with Crippen molar-refractivity contribution >= 4 is 32.0 Å². The van der Waals surface area contributed by atoms with Gasteiger partial charge in [0.15, 0.2) is 0 Å². The minimum absolute atomic E-state index is 0.0168. The second-order valence-corrected chi connectivity index (χ2v) is 14.5. The number of hydrogen-bond donors (Lipinski definition) is 1. The van der Waals surface area contributed by atoms with Crippen molar-refractivity contribution in [1.82, 2.24) is 13.2 Å². The van der Waals surface area contributed by atoms with Crippen LogP contribution in [0.4, 0.5) is 14.9 Å². The summed E-state index contributed by atoms with van der Waals surface area (Å²) in [4.78, 5) is 13.6. The summed E-state index contributed by atoms with van der Waals surface area (Å²) in [6.07, 6.45) is 1.02. The number of amides is 1. The maximum atomic E-state index is 14.9. The molecule has 2 aromatic carbocycles. The summed E-state index contributed by atoms with van der Waals surface area (Å²) in [5.74, 6) is -0.638. The fourth-order valence-corrected chi connectivity index (χ4v) is 7.18. The Bertz CT molecular complexity index is 1670. The number of carbonyl (C=O) groups excluding carboxylic acids is 1. The van der Waals surface area contributed by atoms with E-state index in [0.717, 1.165) is 3.97 Å². The quantitative estimate of drug-likeness (QED) is 0.378. The zero-order valence-electron chi connectivity index (χ0n) is 24.1. The number of nitrogens with zero attached hydrogens (tertiary/aromatic N) is 3. The van der Waals surface area contributed by atoms with E-state index in [1.807, 2.05) is 0 Å². The van der Waals surface area contributed by atoms with Crippen LogP contribution in [0.5, 0.6) is 0 Å². The number of rotatable bonds is 9. The molecule has 0 unspecified atom stereocenters. The highest BCUT2D eigenvalue weighted by Gasteiger charge is 2.32. The van der Waals surface area contributed by atoms with Crippen LogP contribution in [0.3, 0.4) is 0 Å². The Kier molecular flexibility index (Phi) is 9.02. The fraction of sp³-hybridized carbons (Fsp3) is 0.393. The molecule has 0 spiro atoms. The first-order valence-corrected chi connectivity index (χ1v) is 16.1. The Morgan fingerprint density at radius 2 is 1.81 bits per heavy atom. The second-order valence-electron chi connectivity index (χ2n) is 11.0. The Morgan fingerprint density at radius 3 is 2.45 bits per heavy atom. The second kappa shape index (κ2) is 12.0. The third-order valence-corrected chi connectivity index (χ3v) is 9.71. The van der Waals surface area contributed by atoms with Crippen LogP contribution in [-0.2, 0) is 36.3 Å². The molecule has 2 heterocycles. The molecule has 0 aliphatic carbocycles. The van der Waals surface area contributed by atoms with E-state index < -0.39 is 37.7 Å². The zero-order valence-corrected chi connectivity index (χ0v) is 25.7. The summed E-state index contributed by atoms with van der Waals surface area (Å²) in [5.41, 5.74) is -0.212. The molecule has 1 saturated heterocycles. The minimum Gasteiger partial charge on any atom is -0.444 e. The van der Waals surface area contributed by atoms with Crippen molar-refractivity contribution in [2.45, 2.75) is 50.3 Å². The van der Waals surface area contributed by atoms with Crippen molar-refractivity contribution in [2.75, 3.05) is 32.0 Å². The summed E-state index contributed by atoms with van der Waals surface area (Å²) >= 11 is 0. The Labute approximate surface area is 246 Å². The van der Waals surface area contributed by atoms with Crippen LogP contribution in [0.2, 0.25) is 0 Å². The van der Waals surface area contributed by atoms with Gasteiger partial charge in [-0.3, -0.25) is 4.72 Å². The van der Waals surface area contributed by atoms with Gasteiger partial charge in [-0.25, -0.2) is 21.6 Å². The first-order valence-electron chi connectivity index (χ1n) is 13.2. The van der Waals surface area contributed by atoms with Crippen LogP contribution in [0, 0.1) is 5.82 Å². The third-order valence-electron chi connectivity index (χ3n) is 6.54. The third kappa shape index (κ3) is 7.12. The van der Waals surface area contributed by atoms with Crippen molar-refractivity contribution < 1.29 is 35.5 Å². The van der Waals surface area contributed by atoms with Crippen molar-refractivity contribution in [3.8, 4) is 11.3 Å². The fourth-order valence-electron chi connectivity index (χ4n) is 4.48. The number of halogens is 1. The van der Waals surface area contributed by atoms with Crippen molar-refractivity contribution in [3.05, 3.63) is 72.2 Å². The summed E-state index contributed by atoms with van der Waals surface area (Å²) in [7, 11) is -5.31. The standard InChI is InChI=1S/C28H35FN4O7S2/c1-28(2,3)40-27(34)31(4)17-20-15-26(24-11-6-7-12-25(24)29)33(18-20)41(35,36)23-10-8-9-21(16-23)30-42(37,38)32-14-13-22(19-32)39-5/h6-12,15-16,18,22,30H,13-14,17,19H2,1-5H3/t22-/m1/s1. The first kappa shape index (κ1) is 31.5. The molecular formula is C28H35FN4O7S2. The summed E-state index contributed by atoms with van der Waals surface area (Å²) in [6.45, 7) is 5.62. The molecule has 14 heteroatoms. The van der Waals surface area contributed by atoms with Gasteiger partial charge in [0, 0.05) is 39.0 Å². The summed E-state index contributed by atoms with van der Waals surface area (Å²) in [6, 6.07) is 12.6. The Balaban J connectivity index is 1.69. The average Bonchev–Trinajstić information content (AvgIpc) is 3.56. The van der Waals surface area contributed by atoms with Gasteiger partial charge in [0.1, 0.15) is 11.4 Å². The molecule has 1 N–H and O–H groups in total. The van der Waals surface area contributed by atoms with Crippen LogP contribution in [0.15, 0.2) is 65.7 Å². The van der Waals surface area contributed by atoms with Crippen LogP contribution in [0.1, 0.15) is 32.8 Å². The van der Waals surface area contributed by atoms with Gasteiger partial charge in [-0.2, -0.15) is 12.7 Å². The molecule has 1 amide bonds. The van der Waals surface area contributed by atoms with Gasteiger partial charge in [-0.15, -0.1) is 0 Å². The Hall–Kier alpha value is -3.46. The van der Waals surface area contributed by atoms with Crippen molar-refractivity contribution in [1.29, 1.82) is 0 Å². The number of ether oxygens (including phenoxy) is 2. The van der Waals surface area contributed by atoms with Crippen LogP contribution < -0.4 is 4.72 Å². The number of aromatic nitrogens is 1. The van der Waals surface area contributed by atoms with Gasteiger partial charge in [0.05, 0.1) is 28.9 Å². The smallest absolute Gasteiger partial charge is 0.410 e. The van der Waals surface area contributed by atoms with E-state index in [4.69, 9.17) is 9.47 Å². The number of benzene rings is 2. The lowest BCUT2D eigenvalue weighted by molar-refractivity contribution is 0.0285. The van der Waals surface area contributed by atoms with Crippen molar-refractivity contribution in [2.24, 2.45) is 0 Å². The largest absolute Gasteiger partial charge is 0.444 e. The zero-order chi connectivity index (χ0) is 30.9. The molecule has 0 saturated carbocycles. The molecule has 0 bridgehead atoms. The lowest BCUT2D eigenvalue weighted by atomic mass is 10.1. The van der Waals surface area contributed by atoms with E-state index in [1.54, 1.807) is 26.8 Å². The lowest BCUT2D eigenvalue weighted by Crippen LogP contribution is -2.35. The van der Waals surface area contributed by atoms with Gasteiger partial charge >= 0.3 is 16.3 Å². The predicted octanol–water partition coefficient (Wildman–Crippen LogP) is 4.28. The van der Waals surface area contributed by atoms with E-state index in [2.05, 4.69) is 4.72 Å². The van der Waals surface area contributed by atoms with E-state index in [9.17, 15) is 26.0 Å². The van der Waals surface area contributed by atoms with E-state index in [1.165, 1.54) is 78.1 Å².